The molecule has 2 aromatic carbocycles. The lowest BCUT2D eigenvalue weighted by Crippen LogP contribution is -2.45. The Morgan fingerprint density at radius 1 is 1.00 bits per heavy atom. The summed E-state index contributed by atoms with van der Waals surface area (Å²) < 4.78 is 23.5. The normalized spacial score (nSPS) is 20.1. The van der Waals surface area contributed by atoms with Gasteiger partial charge in [-0.25, -0.2) is 8.42 Å². The van der Waals surface area contributed by atoms with Gasteiger partial charge >= 0.3 is 0 Å². The second-order valence-corrected chi connectivity index (χ2v) is 14.8. The van der Waals surface area contributed by atoms with Gasteiger partial charge in [-0.1, -0.05) is 54.2 Å². The van der Waals surface area contributed by atoms with Gasteiger partial charge in [-0.15, -0.1) is 12.4 Å². The summed E-state index contributed by atoms with van der Waals surface area (Å²) in [5, 5.41) is 4.28. The van der Waals surface area contributed by atoms with E-state index in [1.54, 1.807) is 30.3 Å². The summed E-state index contributed by atoms with van der Waals surface area (Å²) in [5.41, 5.74) is 1.59. The fourth-order valence-corrected chi connectivity index (χ4v) is 7.55. The predicted octanol–water partition coefficient (Wildman–Crippen LogP) is 6.07. The third kappa shape index (κ3) is 7.62. The minimum atomic E-state index is -3.24. The molecule has 0 aromatic heterocycles. The van der Waals surface area contributed by atoms with E-state index >= 15 is 0 Å². The summed E-state index contributed by atoms with van der Waals surface area (Å²) in [4.78, 5) is 31.1. The number of sulfone groups is 1. The van der Waals surface area contributed by atoms with E-state index in [4.69, 9.17) is 23.2 Å². The minimum absolute atomic E-state index is 0. The highest BCUT2D eigenvalue weighted by molar-refractivity contribution is 7.90. The zero-order valence-corrected chi connectivity index (χ0v) is 27.1. The number of hydrogen-bond acceptors (Lipinski definition) is 5. The van der Waals surface area contributed by atoms with Crippen LogP contribution in [0.5, 0.6) is 0 Å². The molecule has 2 aromatic rings. The maximum atomic E-state index is 13.5. The number of hydrogen-bond donors (Lipinski definition) is 1. The molecule has 2 aliphatic heterocycles. The molecule has 5 rings (SSSR count). The van der Waals surface area contributed by atoms with Crippen molar-refractivity contribution in [1.29, 1.82) is 0 Å². The van der Waals surface area contributed by atoms with Crippen LogP contribution in [0.1, 0.15) is 68.5 Å². The Balaban J connectivity index is 0.00000405. The molecule has 1 saturated carbocycles. The van der Waals surface area contributed by atoms with Crippen molar-refractivity contribution >= 4 is 57.3 Å². The number of nitrogens with zero attached hydrogens (tertiary/aromatic N) is 2. The number of amides is 2. The summed E-state index contributed by atoms with van der Waals surface area (Å²) in [6.07, 6.45) is 8.56. The number of carbonyl (C=O) groups excluding carboxylic acids is 2. The predicted molar refractivity (Wildman–Crippen MR) is 169 cm³/mol. The smallest absolute Gasteiger partial charge is 0.229 e. The van der Waals surface area contributed by atoms with Crippen molar-refractivity contribution < 1.29 is 18.0 Å². The number of carbonyl (C=O) groups is 2. The quantitative estimate of drug-likeness (QED) is 0.354. The second kappa shape index (κ2) is 13.9. The van der Waals surface area contributed by atoms with E-state index in [9.17, 15) is 18.0 Å². The van der Waals surface area contributed by atoms with Gasteiger partial charge in [0.05, 0.1) is 26.4 Å². The molecular formula is C31H40Cl3N3O4S. The van der Waals surface area contributed by atoms with Crippen LogP contribution < -0.4 is 5.32 Å². The van der Waals surface area contributed by atoms with Crippen LogP contribution in [0, 0.1) is 11.3 Å². The van der Waals surface area contributed by atoms with Gasteiger partial charge in [0.2, 0.25) is 11.8 Å². The van der Waals surface area contributed by atoms with E-state index < -0.39 is 9.84 Å². The molecule has 2 amide bonds. The zero-order valence-electron chi connectivity index (χ0n) is 24.0. The number of likely N-dealkylation sites (tertiary alicyclic amines) is 2. The van der Waals surface area contributed by atoms with Crippen LogP contribution in [0.15, 0.2) is 47.4 Å². The summed E-state index contributed by atoms with van der Waals surface area (Å²) in [6.45, 7) is 3.72. The van der Waals surface area contributed by atoms with Crippen LogP contribution in [0.25, 0.3) is 0 Å². The summed E-state index contributed by atoms with van der Waals surface area (Å²) in [6, 6.07) is 12.3. The monoisotopic (exact) mass is 655 g/mol. The maximum Gasteiger partial charge on any atom is 0.229 e. The second-order valence-electron chi connectivity index (χ2n) is 12.0. The van der Waals surface area contributed by atoms with Crippen LogP contribution in [0.2, 0.25) is 10.0 Å². The highest BCUT2D eigenvalue weighted by atomic mass is 35.5. The molecule has 3 aliphatic rings. The van der Waals surface area contributed by atoms with E-state index in [0.29, 0.717) is 16.6 Å². The molecular weight excluding hydrogens is 617 g/mol. The molecule has 0 bridgehead atoms. The van der Waals surface area contributed by atoms with E-state index in [2.05, 4.69) is 10.2 Å². The standard InChI is InChI=1S/C31H39Cl2N3O4S.ClH/c1-41(39,40)25-9-6-22(7-10-25)21-36-19-15-31(30(36)38)13-17-35(18-14-31)16-12-28(24-8-11-26(32)27(33)20-24)34-29(37)23-4-2-3-5-23;/h6-11,20,23,28H,2-5,12-19,21H2,1H3,(H,34,37);1H. The van der Waals surface area contributed by atoms with Crippen molar-refractivity contribution in [2.45, 2.75) is 68.8 Å². The zero-order chi connectivity index (χ0) is 29.2. The summed E-state index contributed by atoms with van der Waals surface area (Å²) in [7, 11) is -3.24. The first-order chi connectivity index (χ1) is 19.5. The Morgan fingerprint density at radius 2 is 1.64 bits per heavy atom. The van der Waals surface area contributed by atoms with Gasteiger partial charge in [0.1, 0.15) is 0 Å². The average molecular weight is 657 g/mol. The molecule has 1 atom stereocenters. The number of nitrogens with one attached hydrogen (secondary N) is 1. The Labute approximate surface area is 265 Å². The van der Waals surface area contributed by atoms with Crippen molar-refractivity contribution in [2.24, 2.45) is 11.3 Å². The fraction of sp³-hybridized carbons (Fsp3) is 0.548. The van der Waals surface area contributed by atoms with Gasteiger partial charge in [0, 0.05) is 31.8 Å². The van der Waals surface area contributed by atoms with Gasteiger partial charge in [-0.2, -0.15) is 0 Å². The molecule has 1 unspecified atom stereocenters. The molecule has 230 valence electrons. The number of piperidine rings is 1. The average Bonchev–Trinajstić information content (AvgIpc) is 3.59. The highest BCUT2D eigenvalue weighted by Gasteiger charge is 2.47. The maximum absolute atomic E-state index is 13.5. The van der Waals surface area contributed by atoms with E-state index in [-0.39, 0.29) is 46.5 Å². The first kappa shape index (κ1) is 33.1. The molecule has 42 heavy (non-hydrogen) atoms. The molecule has 2 saturated heterocycles. The highest BCUT2D eigenvalue weighted by Crippen LogP contribution is 2.42. The summed E-state index contributed by atoms with van der Waals surface area (Å²) >= 11 is 12.5. The van der Waals surface area contributed by atoms with Crippen molar-refractivity contribution in [2.75, 3.05) is 32.4 Å². The fourth-order valence-electron chi connectivity index (χ4n) is 6.62. The van der Waals surface area contributed by atoms with Crippen LogP contribution >= 0.6 is 35.6 Å². The third-order valence-corrected chi connectivity index (χ3v) is 11.1. The van der Waals surface area contributed by atoms with Crippen LogP contribution in [-0.4, -0.2) is 62.5 Å². The first-order valence-electron chi connectivity index (χ1n) is 14.6. The topological polar surface area (TPSA) is 86.8 Å². The van der Waals surface area contributed by atoms with E-state index in [0.717, 1.165) is 88.7 Å². The van der Waals surface area contributed by atoms with Crippen LogP contribution in [0.3, 0.4) is 0 Å². The number of halogens is 3. The Bertz CT molecular complexity index is 1370. The van der Waals surface area contributed by atoms with E-state index in [1.165, 1.54) is 6.26 Å². The number of benzene rings is 2. The third-order valence-electron chi connectivity index (χ3n) is 9.26. The Morgan fingerprint density at radius 3 is 2.26 bits per heavy atom. The first-order valence-corrected chi connectivity index (χ1v) is 17.2. The lowest BCUT2D eigenvalue weighted by molar-refractivity contribution is -0.139. The largest absolute Gasteiger partial charge is 0.349 e. The van der Waals surface area contributed by atoms with Crippen LogP contribution in [0.4, 0.5) is 0 Å². The molecule has 1 spiro atoms. The van der Waals surface area contributed by atoms with Gasteiger partial charge in [0.25, 0.3) is 0 Å². The number of rotatable bonds is 9. The van der Waals surface area contributed by atoms with Crippen molar-refractivity contribution in [1.82, 2.24) is 15.1 Å². The Kier molecular flexibility index (Phi) is 10.9. The lowest BCUT2D eigenvalue weighted by atomic mass is 9.77. The molecule has 11 heteroatoms. The van der Waals surface area contributed by atoms with E-state index in [1.807, 2.05) is 17.0 Å². The minimum Gasteiger partial charge on any atom is -0.349 e. The van der Waals surface area contributed by atoms with Crippen molar-refractivity contribution in [3.63, 3.8) is 0 Å². The molecule has 3 fully saturated rings. The molecule has 7 nitrogen and oxygen atoms in total. The molecule has 0 radical (unpaired) electrons. The summed E-state index contributed by atoms with van der Waals surface area (Å²) in [5.74, 6) is 0.421. The van der Waals surface area contributed by atoms with Gasteiger partial charge in [0.15, 0.2) is 9.84 Å². The van der Waals surface area contributed by atoms with Crippen molar-refractivity contribution in [3.8, 4) is 0 Å². The molecule has 2 heterocycles. The molecule has 1 aliphatic carbocycles. The Hall–Kier alpha value is -1.84. The van der Waals surface area contributed by atoms with Crippen molar-refractivity contribution in [3.05, 3.63) is 63.6 Å². The van der Waals surface area contributed by atoms with Gasteiger partial charge < -0.3 is 15.1 Å². The van der Waals surface area contributed by atoms with Gasteiger partial charge in [-0.05, 0) is 87.0 Å². The SMILES string of the molecule is CS(=O)(=O)c1ccc(CN2CCC3(CCN(CCC(NC(=O)C4CCCC4)c4ccc(Cl)c(Cl)c4)CC3)C2=O)cc1.Cl. The lowest BCUT2D eigenvalue weighted by Gasteiger charge is -2.38. The van der Waals surface area contributed by atoms with Crippen LogP contribution in [-0.2, 0) is 26.0 Å². The van der Waals surface area contributed by atoms with Gasteiger partial charge in [-0.3, -0.25) is 9.59 Å². The molecule has 1 N–H and O–H groups in total.